The van der Waals surface area contributed by atoms with Crippen molar-refractivity contribution in [1.82, 2.24) is 20.3 Å². The number of likely N-dealkylation sites (tertiary alicyclic amines) is 1. The van der Waals surface area contributed by atoms with Crippen molar-refractivity contribution in [2.24, 2.45) is 10.9 Å². The van der Waals surface area contributed by atoms with Crippen LogP contribution < -0.4 is 15.4 Å². The standard InChI is InChI=1S/C17H31N5O2S2/c1-12(2)22-10-13(3)15(11-22)21-17(18-5)19-8-9-20-26(23,24)16-7-6-14(4)25-16/h6-7,12-13,15,20H,8-11H2,1-5H3,(H2,18,19,21). The zero-order valence-corrected chi connectivity index (χ0v) is 17.9. The number of aliphatic imine (C=N–C) groups is 1. The molecule has 0 aliphatic carbocycles. The summed E-state index contributed by atoms with van der Waals surface area (Å²) in [5.41, 5.74) is 0. The SMILES string of the molecule is CN=C(NCCNS(=O)(=O)c1ccc(C)s1)NC1CN(C(C)C)CC1C. The Kier molecular flexibility index (Phi) is 7.45. The van der Waals surface area contributed by atoms with Crippen LogP contribution in [0.15, 0.2) is 21.3 Å². The van der Waals surface area contributed by atoms with E-state index in [2.05, 4.69) is 46.0 Å². The second kappa shape index (κ2) is 9.16. The summed E-state index contributed by atoms with van der Waals surface area (Å²) in [7, 11) is -1.70. The molecule has 148 valence electrons. The maximum atomic E-state index is 12.2. The van der Waals surface area contributed by atoms with Gasteiger partial charge in [-0.05, 0) is 38.8 Å². The summed E-state index contributed by atoms with van der Waals surface area (Å²) >= 11 is 1.28. The van der Waals surface area contributed by atoms with Crippen LogP contribution >= 0.6 is 11.3 Å². The number of hydrogen-bond donors (Lipinski definition) is 3. The van der Waals surface area contributed by atoms with Crippen molar-refractivity contribution in [2.45, 2.75) is 44.0 Å². The second-order valence-corrected chi connectivity index (χ2v) is 10.3. The zero-order chi connectivity index (χ0) is 19.3. The molecular formula is C17H31N5O2S2. The Morgan fingerprint density at radius 2 is 2.08 bits per heavy atom. The van der Waals surface area contributed by atoms with Gasteiger partial charge in [-0.15, -0.1) is 11.3 Å². The fourth-order valence-electron chi connectivity index (χ4n) is 2.98. The largest absolute Gasteiger partial charge is 0.355 e. The molecule has 1 aliphatic heterocycles. The fourth-order valence-corrected chi connectivity index (χ4v) is 5.34. The predicted octanol–water partition coefficient (Wildman–Crippen LogP) is 1.23. The minimum absolute atomic E-state index is 0.304. The molecule has 1 aliphatic rings. The van der Waals surface area contributed by atoms with Crippen molar-refractivity contribution in [3.05, 3.63) is 17.0 Å². The van der Waals surface area contributed by atoms with Gasteiger partial charge >= 0.3 is 0 Å². The third-order valence-corrected chi connectivity index (χ3v) is 7.56. The van der Waals surface area contributed by atoms with E-state index in [4.69, 9.17) is 0 Å². The van der Waals surface area contributed by atoms with Crippen LogP contribution in [0.4, 0.5) is 0 Å². The summed E-state index contributed by atoms with van der Waals surface area (Å²) in [4.78, 5) is 7.68. The molecule has 1 aromatic rings. The molecule has 1 aromatic heterocycles. The smallest absolute Gasteiger partial charge is 0.250 e. The number of nitrogens with one attached hydrogen (secondary N) is 3. The highest BCUT2D eigenvalue weighted by Crippen LogP contribution is 2.20. The molecule has 0 spiro atoms. The molecule has 2 heterocycles. The first kappa shape index (κ1) is 21.1. The number of hydrogen-bond acceptors (Lipinski definition) is 5. The molecule has 3 N–H and O–H groups in total. The van der Waals surface area contributed by atoms with Crippen molar-refractivity contribution in [3.8, 4) is 0 Å². The molecule has 2 atom stereocenters. The van der Waals surface area contributed by atoms with Gasteiger partial charge < -0.3 is 10.6 Å². The van der Waals surface area contributed by atoms with Crippen LogP contribution in [0.3, 0.4) is 0 Å². The molecule has 1 saturated heterocycles. The van der Waals surface area contributed by atoms with E-state index in [9.17, 15) is 8.42 Å². The molecule has 0 bridgehead atoms. The van der Waals surface area contributed by atoms with E-state index in [0.29, 0.717) is 41.3 Å². The summed E-state index contributed by atoms with van der Waals surface area (Å²) in [6.45, 7) is 11.4. The van der Waals surface area contributed by atoms with Crippen LogP contribution in [0.2, 0.25) is 0 Å². The van der Waals surface area contributed by atoms with Crippen molar-refractivity contribution in [2.75, 3.05) is 33.2 Å². The van der Waals surface area contributed by atoms with Crippen molar-refractivity contribution in [3.63, 3.8) is 0 Å². The van der Waals surface area contributed by atoms with Crippen LogP contribution in [0, 0.1) is 12.8 Å². The number of guanidine groups is 1. The molecule has 2 rings (SSSR count). The van der Waals surface area contributed by atoms with E-state index in [1.807, 2.05) is 13.0 Å². The molecule has 0 saturated carbocycles. The Hall–Kier alpha value is -1.16. The topological polar surface area (TPSA) is 85.8 Å². The van der Waals surface area contributed by atoms with Gasteiger partial charge in [0, 0.05) is 50.2 Å². The molecule has 0 aromatic carbocycles. The van der Waals surface area contributed by atoms with Crippen LogP contribution in [0.5, 0.6) is 0 Å². The lowest BCUT2D eigenvalue weighted by molar-refractivity contribution is 0.265. The number of rotatable bonds is 7. The second-order valence-electron chi connectivity index (χ2n) is 7.04. The predicted molar refractivity (Wildman–Crippen MR) is 108 cm³/mol. The highest BCUT2D eigenvalue weighted by molar-refractivity contribution is 7.91. The van der Waals surface area contributed by atoms with Crippen molar-refractivity contribution in [1.29, 1.82) is 0 Å². The van der Waals surface area contributed by atoms with Crippen LogP contribution in [0.25, 0.3) is 0 Å². The molecule has 9 heteroatoms. The van der Waals surface area contributed by atoms with Crippen LogP contribution in [-0.4, -0.2) is 64.6 Å². The maximum absolute atomic E-state index is 12.2. The highest BCUT2D eigenvalue weighted by atomic mass is 32.2. The van der Waals surface area contributed by atoms with Crippen molar-refractivity contribution >= 4 is 27.3 Å². The summed E-state index contributed by atoms with van der Waals surface area (Å²) in [6, 6.07) is 4.33. The maximum Gasteiger partial charge on any atom is 0.250 e. The summed E-state index contributed by atoms with van der Waals surface area (Å²) in [6.07, 6.45) is 0. The van der Waals surface area contributed by atoms with Gasteiger partial charge in [-0.2, -0.15) is 0 Å². The third kappa shape index (κ3) is 5.67. The van der Waals surface area contributed by atoms with E-state index < -0.39 is 10.0 Å². The van der Waals surface area contributed by atoms with Gasteiger partial charge in [0.2, 0.25) is 10.0 Å². The zero-order valence-electron chi connectivity index (χ0n) is 16.2. The molecule has 0 amide bonds. The summed E-state index contributed by atoms with van der Waals surface area (Å²) in [5.74, 6) is 1.25. The number of sulfonamides is 1. The van der Waals surface area contributed by atoms with E-state index in [-0.39, 0.29) is 0 Å². The van der Waals surface area contributed by atoms with Gasteiger partial charge in [-0.3, -0.25) is 9.89 Å². The lowest BCUT2D eigenvalue weighted by atomic mass is 10.1. The van der Waals surface area contributed by atoms with Crippen LogP contribution in [0.1, 0.15) is 25.6 Å². The van der Waals surface area contributed by atoms with Gasteiger partial charge in [-0.25, -0.2) is 13.1 Å². The minimum atomic E-state index is -3.43. The fraction of sp³-hybridized carbons (Fsp3) is 0.706. The number of aryl methyl sites for hydroxylation is 1. The van der Waals surface area contributed by atoms with Gasteiger partial charge in [0.25, 0.3) is 0 Å². The van der Waals surface area contributed by atoms with Gasteiger partial charge in [0.15, 0.2) is 5.96 Å². The van der Waals surface area contributed by atoms with E-state index >= 15 is 0 Å². The Morgan fingerprint density at radius 1 is 1.35 bits per heavy atom. The van der Waals surface area contributed by atoms with Gasteiger partial charge in [0.1, 0.15) is 4.21 Å². The first-order valence-corrected chi connectivity index (χ1v) is 11.3. The Morgan fingerprint density at radius 3 is 2.62 bits per heavy atom. The number of nitrogens with zero attached hydrogens (tertiary/aromatic N) is 2. The first-order chi connectivity index (χ1) is 12.2. The van der Waals surface area contributed by atoms with Crippen molar-refractivity contribution < 1.29 is 8.42 Å². The minimum Gasteiger partial charge on any atom is -0.355 e. The van der Waals surface area contributed by atoms with E-state index in [0.717, 1.165) is 18.0 Å². The monoisotopic (exact) mass is 401 g/mol. The van der Waals surface area contributed by atoms with Gasteiger partial charge in [0.05, 0.1) is 0 Å². The summed E-state index contributed by atoms with van der Waals surface area (Å²) < 4.78 is 27.4. The highest BCUT2D eigenvalue weighted by Gasteiger charge is 2.31. The molecule has 7 nitrogen and oxygen atoms in total. The Labute approximate surface area is 161 Å². The average molecular weight is 402 g/mol. The van der Waals surface area contributed by atoms with E-state index in [1.165, 1.54) is 11.3 Å². The Balaban J connectivity index is 1.77. The molecule has 0 radical (unpaired) electrons. The van der Waals surface area contributed by atoms with Gasteiger partial charge in [-0.1, -0.05) is 6.92 Å². The molecular weight excluding hydrogens is 370 g/mol. The third-order valence-electron chi connectivity index (χ3n) is 4.61. The first-order valence-electron chi connectivity index (χ1n) is 9.00. The lowest BCUT2D eigenvalue weighted by Gasteiger charge is -2.22. The lowest BCUT2D eigenvalue weighted by Crippen LogP contribution is -2.48. The van der Waals surface area contributed by atoms with Crippen LogP contribution in [-0.2, 0) is 10.0 Å². The van der Waals surface area contributed by atoms with E-state index in [1.54, 1.807) is 13.1 Å². The molecule has 2 unspecified atom stereocenters. The molecule has 26 heavy (non-hydrogen) atoms. The average Bonchev–Trinajstić information content (AvgIpc) is 3.17. The Bertz CT molecular complexity index is 714. The summed E-state index contributed by atoms with van der Waals surface area (Å²) in [5, 5.41) is 6.64. The normalized spacial score (nSPS) is 22.2. The number of thiophene rings is 1. The quantitative estimate of drug-likeness (QED) is 0.363. The molecule has 1 fully saturated rings.